The number of benzene rings is 1. The molecule has 1 aromatic rings. The SMILES string of the molecule is CC(C)CNC(=O)[C@@H](C)OC(=O)CCNC(=O)c1ccc(Br)cc1. The minimum Gasteiger partial charge on any atom is -0.452 e. The Balaban J connectivity index is 2.29. The zero-order chi connectivity index (χ0) is 18.1. The van der Waals surface area contributed by atoms with Gasteiger partial charge in [-0.15, -0.1) is 0 Å². The summed E-state index contributed by atoms with van der Waals surface area (Å²) in [5.74, 6) is -0.794. The van der Waals surface area contributed by atoms with Gasteiger partial charge in [-0.2, -0.15) is 0 Å². The van der Waals surface area contributed by atoms with Crippen LogP contribution in [0.25, 0.3) is 0 Å². The molecule has 0 spiro atoms. The monoisotopic (exact) mass is 398 g/mol. The number of carbonyl (C=O) groups excluding carboxylic acids is 3. The summed E-state index contributed by atoms with van der Waals surface area (Å²) in [5.41, 5.74) is 0.507. The Morgan fingerprint density at radius 1 is 1.08 bits per heavy atom. The standard InChI is InChI=1S/C17H23BrN2O4/c1-11(2)10-20-16(22)12(3)24-15(21)8-9-19-17(23)13-4-6-14(18)7-5-13/h4-7,11-12H,8-10H2,1-3H3,(H,19,23)(H,20,22)/t12-/m1/s1. The minimum absolute atomic E-state index is 0.00404. The van der Waals surface area contributed by atoms with Crippen molar-refractivity contribution in [3.8, 4) is 0 Å². The van der Waals surface area contributed by atoms with Crippen molar-refractivity contribution < 1.29 is 19.1 Å². The Morgan fingerprint density at radius 3 is 2.29 bits per heavy atom. The Morgan fingerprint density at radius 2 is 1.71 bits per heavy atom. The van der Waals surface area contributed by atoms with Gasteiger partial charge < -0.3 is 15.4 Å². The lowest BCUT2D eigenvalue weighted by Gasteiger charge is -2.14. The van der Waals surface area contributed by atoms with Crippen LogP contribution in [-0.2, 0) is 14.3 Å². The number of nitrogens with one attached hydrogen (secondary N) is 2. The zero-order valence-corrected chi connectivity index (χ0v) is 15.7. The number of carbonyl (C=O) groups is 3. The molecule has 0 heterocycles. The number of hydrogen-bond acceptors (Lipinski definition) is 4. The quantitative estimate of drug-likeness (QED) is 0.657. The van der Waals surface area contributed by atoms with E-state index in [0.717, 1.165) is 4.47 Å². The van der Waals surface area contributed by atoms with Crippen molar-refractivity contribution in [2.24, 2.45) is 5.92 Å². The van der Waals surface area contributed by atoms with Gasteiger partial charge in [0, 0.05) is 23.1 Å². The van der Waals surface area contributed by atoms with Crippen LogP contribution < -0.4 is 10.6 Å². The minimum atomic E-state index is -0.849. The lowest BCUT2D eigenvalue weighted by atomic mass is 10.2. The van der Waals surface area contributed by atoms with Gasteiger partial charge >= 0.3 is 5.97 Å². The van der Waals surface area contributed by atoms with Crippen molar-refractivity contribution in [3.05, 3.63) is 34.3 Å². The molecule has 2 N–H and O–H groups in total. The second kappa shape index (κ2) is 10.1. The van der Waals surface area contributed by atoms with Crippen LogP contribution in [0.15, 0.2) is 28.7 Å². The summed E-state index contributed by atoms with van der Waals surface area (Å²) in [6.07, 6.45) is -0.845. The molecule has 0 bridgehead atoms. The van der Waals surface area contributed by atoms with Gasteiger partial charge in [0.15, 0.2) is 6.10 Å². The molecule has 1 rings (SSSR count). The third-order valence-corrected chi connectivity index (χ3v) is 3.61. The molecule has 24 heavy (non-hydrogen) atoms. The molecule has 0 radical (unpaired) electrons. The highest BCUT2D eigenvalue weighted by Crippen LogP contribution is 2.10. The molecule has 7 heteroatoms. The lowest BCUT2D eigenvalue weighted by molar-refractivity contribution is -0.154. The van der Waals surface area contributed by atoms with Gasteiger partial charge in [0.2, 0.25) is 0 Å². The van der Waals surface area contributed by atoms with Crippen molar-refractivity contribution in [1.29, 1.82) is 0 Å². The molecule has 0 aliphatic carbocycles. The van der Waals surface area contributed by atoms with Gasteiger partial charge in [-0.05, 0) is 37.1 Å². The van der Waals surface area contributed by atoms with Crippen LogP contribution in [0.1, 0.15) is 37.6 Å². The maximum absolute atomic E-state index is 11.9. The second-order valence-corrected chi connectivity index (χ2v) is 6.70. The average molecular weight is 399 g/mol. The number of rotatable bonds is 8. The fraction of sp³-hybridized carbons (Fsp3) is 0.471. The first kappa shape index (κ1) is 20.2. The molecular formula is C17H23BrN2O4. The Hall–Kier alpha value is -1.89. The number of esters is 1. The van der Waals surface area contributed by atoms with E-state index in [1.165, 1.54) is 6.92 Å². The van der Waals surface area contributed by atoms with E-state index in [4.69, 9.17) is 4.74 Å². The third kappa shape index (κ3) is 7.59. The van der Waals surface area contributed by atoms with Gasteiger partial charge in [-0.1, -0.05) is 29.8 Å². The van der Waals surface area contributed by atoms with Gasteiger partial charge in [0.1, 0.15) is 0 Å². The molecule has 0 aliphatic rings. The van der Waals surface area contributed by atoms with Crippen molar-refractivity contribution in [1.82, 2.24) is 10.6 Å². The van der Waals surface area contributed by atoms with Gasteiger partial charge in [-0.25, -0.2) is 0 Å². The summed E-state index contributed by atoms with van der Waals surface area (Å²) in [6, 6.07) is 6.89. The highest BCUT2D eigenvalue weighted by atomic mass is 79.9. The molecule has 0 aromatic heterocycles. The average Bonchev–Trinajstić information content (AvgIpc) is 2.52. The van der Waals surface area contributed by atoms with E-state index in [9.17, 15) is 14.4 Å². The molecule has 0 fully saturated rings. The van der Waals surface area contributed by atoms with Crippen LogP contribution >= 0.6 is 15.9 Å². The lowest BCUT2D eigenvalue weighted by Crippen LogP contribution is -2.38. The first-order valence-corrected chi connectivity index (χ1v) is 8.60. The van der Waals surface area contributed by atoms with Crippen LogP contribution in [0.3, 0.4) is 0 Å². The molecule has 6 nitrogen and oxygen atoms in total. The fourth-order valence-electron chi connectivity index (χ4n) is 1.74. The van der Waals surface area contributed by atoms with E-state index >= 15 is 0 Å². The Labute approximate surface area is 150 Å². The molecule has 0 unspecified atom stereocenters. The van der Waals surface area contributed by atoms with Crippen LogP contribution in [0.2, 0.25) is 0 Å². The molecule has 1 atom stereocenters. The van der Waals surface area contributed by atoms with Crippen LogP contribution in [0, 0.1) is 5.92 Å². The highest BCUT2D eigenvalue weighted by Gasteiger charge is 2.17. The molecule has 1 aromatic carbocycles. The maximum Gasteiger partial charge on any atom is 0.308 e. The van der Waals surface area contributed by atoms with Gasteiger partial charge in [0.05, 0.1) is 6.42 Å². The number of halogens is 1. The Kier molecular flexibility index (Phi) is 8.46. The highest BCUT2D eigenvalue weighted by molar-refractivity contribution is 9.10. The fourth-order valence-corrected chi connectivity index (χ4v) is 2.00. The van der Waals surface area contributed by atoms with Crippen molar-refractivity contribution in [3.63, 3.8) is 0 Å². The maximum atomic E-state index is 11.9. The van der Waals surface area contributed by atoms with E-state index in [2.05, 4.69) is 26.6 Å². The van der Waals surface area contributed by atoms with E-state index in [-0.39, 0.29) is 24.8 Å². The zero-order valence-electron chi connectivity index (χ0n) is 14.1. The van der Waals surface area contributed by atoms with Crippen LogP contribution in [-0.4, -0.2) is 37.0 Å². The van der Waals surface area contributed by atoms with Gasteiger partial charge in [0.25, 0.3) is 11.8 Å². The molecule has 2 amide bonds. The van der Waals surface area contributed by atoms with E-state index < -0.39 is 12.1 Å². The summed E-state index contributed by atoms with van der Waals surface area (Å²) in [4.78, 5) is 35.3. The summed E-state index contributed by atoms with van der Waals surface area (Å²) >= 11 is 3.29. The molecule has 0 saturated heterocycles. The number of amides is 2. The first-order valence-electron chi connectivity index (χ1n) is 7.80. The second-order valence-electron chi connectivity index (χ2n) is 5.78. The smallest absolute Gasteiger partial charge is 0.308 e. The predicted molar refractivity (Wildman–Crippen MR) is 94.5 cm³/mol. The van der Waals surface area contributed by atoms with Crippen molar-refractivity contribution in [2.75, 3.05) is 13.1 Å². The molecule has 0 aliphatic heterocycles. The summed E-state index contributed by atoms with van der Waals surface area (Å²) < 4.78 is 5.92. The Bertz CT molecular complexity index is 572. The summed E-state index contributed by atoms with van der Waals surface area (Å²) in [6.45, 7) is 6.15. The topological polar surface area (TPSA) is 84.5 Å². The van der Waals surface area contributed by atoms with Crippen molar-refractivity contribution >= 4 is 33.7 Å². The van der Waals surface area contributed by atoms with Crippen LogP contribution in [0.5, 0.6) is 0 Å². The van der Waals surface area contributed by atoms with E-state index in [0.29, 0.717) is 18.0 Å². The summed E-state index contributed by atoms with van der Waals surface area (Å²) in [7, 11) is 0. The van der Waals surface area contributed by atoms with E-state index in [1.54, 1.807) is 24.3 Å². The largest absolute Gasteiger partial charge is 0.452 e. The van der Waals surface area contributed by atoms with Crippen LogP contribution in [0.4, 0.5) is 0 Å². The number of ether oxygens (including phenoxy) is 1. The van der Waals surface area contributed by atoms with Crippen molar-refractivity contribution in [2.45, 2.75) is 33.3 Å². The number of hydrogen-bond donors (Lipinski definition) is 2. The third-order valence-electron chi connectivity index (χ3n) is 3.08. The van der Waals surface area contributed by atoms with Gasteiger partial charge in [-0.3, -0.25) is 14.4 Å². The van der Waals surface area contributed by atoms with E-state index in [1.807, 2.05) is 13.8 Å². The summed E-state index contributed by atoms with van der Waals surface area (Å²) in [5, 5.41) is 5.33. The molecule has 132 valence electrons. The molecular weight excluding hydrogens is 376 g/mol. The molecule has 0 saturated carbocycles. The predicted octanol–water partition coefficient (Wildman–Crippen LogP) is 2.27. The first-order chi connectivity index (χ1) is 11.3. The normalized spacial score (nSPS) is 11.7.